The summed E-state index contributed by atoms with van der Waals surface area (Å²) in [6.07, 6.45) is 0. The molecule has 0 amide bonds. The topological polar surface area (TPSA) is 45.8 Å². The zero-order chi connectivity index (χ0) is 15.0. The summed E-state index contributed by atoms with van der Waals surface area (Å²) in [6, 6.07) is 11.6. The van der Waals surface area contributed by atoms with Crippen LogP contribution in [0.3, 0.4) is 0 Å². The fourth-order valence-corrected chi connectivity index (χ4v) is 2.26. The minimum Gasteiger partial charge on any atom is -0.306 e. The van der Waals surface area contributed by atoms with Crippen molar-refractivity contribution in [2.24, 2.45) is 0 Å². The number of hydrogen-bond donors (Lipinski definition) is 1. The molecule has 0 aliphatic rings. The molecule has 1 N–H and O–H groups in total. The molecule has 3 aromatic rings. The van der Waals surface area contributed by atoms with Gasteiger partial charge in [-0.3, -0.25) is 4.79 Å². The zero-order valence-electron chi connectivity index (χ0n) is 11.9. The molecule has 0 saturated heterocycles. The maximum atomic E-state index is 13.0. The minimum absolute atomic E-state index is 0.179. The Bertz CT molecular complexity index is 851. The maximum Gasteiger partial charge on any atom is 0.259 e. The van der Waals surface area contributed by atoms with Crippen molar-refractivity contribution in [1.29, 1.82) is 0 Å². The molecule has 0 aliphatic carbocycles. The third-order valence-electron chi connectivity index (χ3n) is 3.51. The molecular formula is C17H15FN2O. The Labute approximate surface area is 121 Å². The van der Waals surface area contributed by atoms with Crippen LogP contribution in [0, 0.1) is 5.82 Å². The van der Waals surface area contributed by atoms with Gasteiger partial charge in [0, 0.05) is 5.56 Å². The molecule has 0 spiro atoms. The summed E-state index contributed by atoms with van der Waals surface area (Å²) >= 11 is 0. The molecule has 0 fully saturated rings. The highest BCUT2D eigenvalue weighted by atomic mass is 19.1. The highest BCUT2D eigenvalue weighted by Gasteiger charge is 2.08. The highest BCUT2D eigenvalue weighted by molar-refractivity contribution is 5.80. The van der Waals surface area contributed by atoms with Crippen molar-refractivity contribution >= 4 is 10.9 Å². The fraction of sp³-hybridized carbons (Fsp3) is 0.176. The number of aromatic nitrogens is 2. The Morgan fingerprint density at radius 1 is 1.10 bits per heavy atom. The van der Waals surface area contributed by atoms with E-state index in [4.69, 9.17) is 0 Å². The smallest absolute Gasteiger partial charge is 0.259 e. The van der Waals surface area contributed by atoms with Crippen LogP contribution in [0.1, 0.15) is 25.3 Å². The normalized spacial score (nSPS) is 11.2. The number of benzene rings is 2. The van der Waals surface area contributed by atoms with Crippen molar-refractivity contribution < 1.29 is 4.39 Å². The van der Waals surface area contributed by atoms with Crippen LogP contribution < -0.4 is 5.56 Å². The van der Waals surface area contributed by atoms with Crippen LogP contribution in [0.4, 0.5) is 4.39 Å². The Kier molecular flexibility index (Phi) is 3.29. The first-order valence-electron chi connectivity index (χ1n) is 6.84. The van der Waals surface area contributed by atoms with Crippen LogP contribution in [0.25, 0.3) is 22.3 Å². The van der Waals surface area contributed by atoms with E-state index in [1.165, 1.54) is 12.1 Å². The average Bonchev–Trinajstić information content (AvgIpc) is 2.47. The first kappa shape index (κ1) is 13.5. The third-order valence-corrected chi connectivity index (χ3v) is 3.51. The Hall–Kier alpha value is -2.49. The Balaban J connectivity index is 2.18. The van der Waals surface area contributed by atoms with E-state index < -0.39 is 0 Å². The van der Waals surface area contributed by atoms with E-state index >= 15 is 0 Å². The van der Waals surface area contributed by atoms with Gasteiger partial charge >= 0.3 is 0 Å². The summed E-state index contributed by atoms with van der Waals surface area (Å²) in [6.45, 7) is 4.16. The number of rotatable bonds is 2. The second-order valence-electron chi connectivity index (χ2n) is 5.35. The van der Waals surface area contributed by atoms with Crippen LogP contribution >= 0.6 is 0 Å². The molecule has 0 saturated carbocycles. The lowest BCUT2D eigenvalue weighted by Crippen LogP contribution is -2.10. The molecule has 0 unspecified atom stereocenters. The molecule has 1 heterocycles. The van der Waals surface area contributed by atoms with E-state index in [1.54, 1.807) is 12.1 Å². The summed E-state index contributed by atoms with van der Waals surface area (Å²) in [4.78, 5) is 19.5. The predicted molar refractivity (Wildman–Crippen MR) is 81.8 cm³/mol. The molecule has 21 heavy (non-hydrogen) atoms. The van der Waals surface area contributed by atoms with Crippen molar-refractivity contribution in [3.8, 4) is 11.4 Å². The predicted octanol–water partition coefficient (Wildman–Crippen LogP) is 3.85. The first-order valence-corrected chi connectivity index (χ1v) is 6.84. The lowest BCUT2D eigenvalue weighted by atomic mass is 10.0. The molecule has 2 aromatic carbocycles. The van der Waals surface area contributed by atoms with Gasteiger partial charge < -0.3 is 4.98 Å². The minimum atomic E-state index is -0.316. The van der Waals surface area contributed by atoms with Crippen LogP contribution in [0.2, 0.25) is 0 Å². The Morgan fingerprint density at radius 3 is 2.48 bits per heavy atom. The molecule has 0 atom stereocenters. The van der Waals surface area contributed by atoms with Gasteiger partial charge in [0.15, 0.2) is 0 Å². The highest BCUT2D eigenvalue weighted by Crippen LogP contribution is 2.20. The van der Waals surface area contributed by atoms with E-state index in [2.05, 4.69) is 23.8 Å². The van der Waals surface area contributed by atoms with Gasteiger partial charge in [-0.05, 0) is 47.9 Å². The van der Waals surface area contributed by atoms with E-state index in [0.717, 1.165) is 5.56 Å². The molecule has 0 bridgehead atoms. The molecule has 106 valence electrons. The largest absolute Gasteiger partial charge is 0.306 e. The van der Waals surface area contributed by atoms with Crippen molar-refractivity contribution in [3.63, 3.8) is 0 Å². The van der Waals surface area contributed by atoms with Gasteiger partial charge in [-0.25, -0.2) is 9.37 Å². The summed E-state index contributed by atoms with van der Waals surface area (Å²) in [5.74, 6) is 0.485. The molecular weight excluding hydrogens is 267 g/mol. The van der Waals surface area contributed by atoms with Crippen LogP contribution in [0.15, 0.2) is 47.3 Å². The number of aromatic amines is 1. The van der Waals surface area contributed by atoms with E-state index in [9.17, 15) is 9.18 Å². The third kappa shape index (κ3) is 2.57. The standard InChI is InChI=1S/C17H15FN2O/c1-10(2)12-5-8-15-14(9-12)17(21)20-16(19-15)11-3-6-13(18)7-4-11/h3-10H,1-2H3,(H,19,20,21). The summed E-state index contributed by atoms with van der Waals surface area (Å²) in [7, 11) is 0. The summed E-state index contributed by atoms with van der Waals surface area (Å²) < 4.78 is 13.0. The number of H-pyrrole nitrogens is 1. The van der Waals surface area contributed by atoms with Crippen molar-refractivity contribution in [1.82, 2.24) is 9.97 Å². The van der Waals surface area contributed by atoms with Gasteiger partial charge in [-0.2, -0.15) is 0 Å². The van der Waals surface area contributed by atoms with E-state index in [1.807, 2.05) is 18.2 Å². The molecule has 4 heteroatoms. The Morgan fingerprint density at radius 2 is 1.81 bits per heavy atom. The number of fused-ring (bicyclic) bond motifs is 1. The summed E-state index contributed by atoms with van der Waals surface area (Å²) in [5.41, 5.74) is 2.25. The second kappa shape index (κ2) is 5.13. The second-order valence-corrected chi connectivity index (χ2v) is 5.35. The number of nitrogens with zero attached hydrogens (tertiary/aromatic N) is 1. The fourth-order valence-electron chi connectivity index (χ4n) is 2.26. The number of halogens is 1. The van der Waals surface area contributed by atoms with Gasteiger partial charge in [0.05, 0.1) is 10.9 Å². The SMILES string of the molecule is CC(C)c1ccc2nc(-c3ccc(F)cc3)[nH]c(=O)c2c1. The molecule has 0 radical (unpaired) electrons. The average molecular weight is 282 g/mol. The van der Waals surface area contributed by atoms with Gasteiger partial charge in [0.25, 0.3) is 5.56 Å². The van der Waals surface area contributed by atoms with Crippen molar-refractivity contribution in [3.05, 3.63) is 64.2 Å². The van der Waals surface area contributed by atoms with Gasteiger partial charge in [0.2, 0.25) is 0 Å². The van der Waals surface area contributed by atoms with Crippen molar-refractivity contribution in [2.75, 3.05) is 0 Å². The molecule has 3 rings (SSSR count). The first-order chi connectivity index (χ1) is 10.0. The van der Waals surface area contributed by atoms with Gasteiger partial charge in [-0.1, -0.05) is 19.9 Å². The number of hydrogen-bond acceptors (Lipinski definition) is 2. The molecule has 3 nitrogen and oxygen atoms in total. The lowest BCUT2D eigenvalue weighted by Gasteiger charge is -2.07. The summed E-state index contributed by atoms with van der Waals surface area (Å²) in [5, 5.41) is 0.576. The maximum absolute atomic E-state index is 13.0. The molecule has 0 aliphatic heterocycles. The monoisotopic (exact) mass is 282 g/mol. The van der Waals surface area contributed by atoms with Crippen molar-refractivity contribution in [2.45, 2.75) is 19.8 Å². The number of nitrogens with one attached hydrogen (secondary N) is 1. The quantitative estimate of drug-likeness (QED) is 0.776. The van der Waals surface area contributed by atoms with Crippen LogP contribution in [0.5, 0.6) is 0 Å². The van der Waals surface area contributed by atoms with Crippen LogP contribution in [-0.4, -0.2) is 9.97 Å². The van der Waals surface area contributed by atoms with Gasteiger partial charge in [0.1, 0.15) is 11.6 Å². The van der Waals surface area contributed by atoms with Gasteiger partial charge in [-0.15, -0.1) is 0 Å². The lowest BCUT2D eigenvalue weighted by molar-refractivity contribution is 0.628. The van der Waals surface area contributed by atoms with E-state index in [-0.39, 0.29) is 11.4 Å². The van der Waals surface area contributed by atoms with Crippen LogP contribution in [-0.2, 0) is 0 Å². The zero-order valence-corrected chi connectivity index (χ0v) is 11.9. The molecule has 1 aromatic heterocycles. The van der Waals surface area contributed by atoms with E-state index in [0.29, 0.717) is 28.2 Å².